The van der Waals surface area contributed by atoms with E-state index < -0.39 is 15.8 Å². The van der Waals surface area contributed by atoms with E-state index in [-0.39, 0.29) is 17.2 Å². The van der Waals surface area contributed by atoms with Crippen LogP contribution in [0.2, 0.25) is 0 Å². The number of H-pyrrole nitrogens is 1. The Labute approximate surface area is 115 Å². The molecule has 0 aromatic carbocycles. The second-order valence-corrected chi connectivity index (χ2v) is 7.17. The zero-order chi connectivity index (χ0) is 14.5. The maximum atomic E-state index is 11.8. The number of aromatic amines is 1. The standard InChI is InChI=1S/C13H14N2O4S/c1-20(18,19)10-6-14-5-9-8-3-2-7(4-11(16)17)12(8)15-13(9)10/h5-7,15H,2-4H2,1H3,(H,16,17). The summed E-state index contributed by atoms with van der Waals surface area (Å²) in [4.78, 5) is 18.2. The van der Waals surface area contributed by atoms with Crippen molar-refractivity contribution in [1.82, 2.24) is 9.97 Å². The molecule has 0 saturated heterocycles. The van der Waals surface area contributed by atoms with E-state index in [0.29, 0.717) is 5.52 Å². The molecule has 0 bridgehead atoms. The summed E-state index contributed by atoms with van der Waals surface area (Å²) >= 11 is 0. The van der Waals surface area contributed by atoms with Crippen LogP contribution in [0, 0.1) is 0 Å². The van der Waals surface area contributed by atoms with Crippen LogP contribution in [-0.2, 0) is 21.1 Å². The number of hydrogen-bond acceptors (Lipinski definition) is 4. The third-order valence-electron chi connectivity index (χ3n) is 3.79. The maximum absolute atomic E-state index is 11.8. The fraction of sp³-hybridized carbons (Fsp3) is 0.385. The van der Waals surface area contributed by atoms with Crippen molar-refractivity contribution < 1.29 is 18.3 Å². The van der Waals surface area contributed by atoms with E-state index >= 15 is 0 Å². The molecule has 0 spiro atoms. The lowest BCUT2D eigenvalue weighted by molar-refractivity contribution is -0.137. The molecule has 0 aliphatic heterocycles. The molecule has 1 unspecified atom stereocenters. The third-order valence-corrected chi connectivity index (χ3v) is 4.90. The normalized spacial score (nSPS) is 18.4. The van der Waals surface area contributed by atoms with E-state index in [1.54, 1.807) is 6.20 Å². The number of hydrogen-bond donors (Lipinski definition) is 2. The Morgan fingerprint density at radius 2 is 2.25 bits per heavy atom. The van der Waals surface area contributed by atoms with Gasteiger partial charge in [0.05, 0.1) is 11.9 Å². The molecular weight excluding hydrogens is 280 g/mol. The smallest absolute Gasteiger partial charge is 0.304 e. The molecule has 0 radical (unpaired) electrons. The Morgan fingerprint density at radius 1 is 1.50 bits per heavy atom. The summed E-state index contributed by atoms with van der Waals surface area (Å²) in [7, 11) is -3.37. The summed E-state index contributed by atoms with van der Waals surface area (Å²) in [5.41, 5.74) is 2.40. The monoisotopic (exact) mass is 294 g/mol. The molecule has 7 heteroatoms. The summed E-state index contributed by atoms with van der Waals surface area (Å²) in [5.74, 6) is -0.926. The van der Waals surface area contributed by atoms with Gasteiger partial charge in [-0.15, -0.1) is 0 Å². The summed E-state index contributed by atoms with van der Waals surface area (Å²) in [6.07, 6.45) is 5.69. The van der Waals surface area contributed by atoms with Crippen molar-refractivity contribution in [2.45, 2.75) is 30.1 Å². The van der Waals surface area contributed by atoms with E-state index in [0.717, 1.165) is 35.7 Å². The Kier molecular flexibility index (Phi) is 2.82. The maximum Gasteiger partial charge on any atom is 0.304 e. The van der Waals surface area contributed by atoms with E-state index in [2.05, 4.69) is 9.97 Å². The fourth-order valence-electron chi connectivity index (χ4n) is 2.93. The lowest BCUT2D eigenvalue weighted by atomic mass is 10.0. The summed E-state index contributed by atoms with van der Waals surface area (Å²) in [5, 5.41) is 9.72. The van der Waals surface area contributed by atoms with Gasteiger partial charge in [0.15, 0.2) is 9.84 Å². The highest BCUT2D eigenvalue weighted by Gasteiger charge is 2.30. The lowest BCUT2D eigenvalue weighted by Gasteiger charge is -2.06. The van der Waals surface area contributed by atoms with Crippen molar-refractivity contribution in [3.63, 3.8) is 0 Å². The predicted molar refractivity (Wildman–Crippen MR) is 72.5 cm³/mol. The minimum absolute atomic E-state index is 0.0570. The van der Waals surface area contributed by atoms with Gasteiger partial charge in [-0.05, 0) is 18.4 Å². The van der Waals surface area contributed by atoms with Crippen LogP contribution < -0.4 is 0 Å². The molecular formula is C13H14N2O4S. The quantitative estimate of drug-likeness (QED) is 0.893. The number of carboxylic acids is 1. The van der Waals surface area contributed by atoms with Crippen molar-refractivity contribution in [2.24, 2.45) is 0 Å². The van der Waals surface area contributed by atoms with Gasteiger partial charge in [0.1, 0.15) is 4.90 Å². The molecule has 2 aromatic heterocycles. The lowest BCUT2D eigenvalue weighted by Crippen LogP contribution is -2.04. The number of fused-ring (bicyclic) bond motifs is 3. The topological polar surface area (TPSA) is 100 Å². The molecule has 0 fully saturated rings. The molecule has 106 valence electrons. The van der Waals surface area contributed by atoms with Crippen LogP contribution in [0.1, 0.15) is 30.0 Å². The Hall–Kier alpha value is -1.89. The van der Waals surface area contributed by atoms with Crippen molar-refractivity contribution in [1.29, 1.82) is 0 Å². The molecule has 1 atom stereocenters. The molecule has 2 N–H and O–H groups in total. The number of aliphatic carboxylic acids is 1. The van der Waals surface area contributed by atoms with E-state index in [4.69, 9.17) is 5.11 Å². The number of nitrogens with one attached hydrogen (secondary N) is 1. The second-order valence-electron chi connectivity index (χ2n) is 5.18. The Morgan fingerprint density at radius 3 is 2.90 bits per heavy atom. The van der Waals surface area contributed by atoms with Crippen LogP contribution >= 0.6 is 0 Å². The van der Waals surface area contributed by atoms with Gasteiger partial charge >= 0.3 is 5.97 Å². The number of rotatable bonds is 3. The predicted octanol–water partition coefficient (Wildman–Crippen LogP) is 1.47. The SMILES string of the molecule is CS(=O)(=O)c1cncc2c3c([nH]c12)C(CC(=O)O)CC3. The zero-order valence-electron chi connectivity index (χ0n) is 10.9. The van der Waals surface area contributed by atoms with Gasteiger partial charge in [-0.2, -0.15) is 0 Å². The fourth-order valence-corrected chi connectivity index (χ4v) is 3.72. The first-order chi connectivity index (χ1) is 9.38. The van der Waals surface area contributed by atoms with Crippen molar-refractivity contribution >= 4 is 26.7 Å². The van der Waals surface area contributed by atoms with Crippen LogP contribution in [0.4, 0.5) is 0 Å². The van der Waals surface area contributed by atoms with Gasteiger partial charge in [-0.1, -0.05) is 0 Å². The molecule has 6 nitrogen and oxygen atoms in total. The van der Waals surface area contributed by atoms with E-state index in [1.165, 1.54) is 6.20 Å². The molecule has 0 amide bonds. The number of pyridine rings is 1. The highest BCUT2D eigenvalue weighted by atomic mass is 32.2. The number of aryl methyl sites for hydroxylation is 1. The van der Waals surface area contributed by atoms with E-state index in [1.807, 2.05) is 0 Å². The molecule has 1 aliphatic rings. The van der Waals surface area contributed by atoms with Crippen LogP contribution in [-0.4, -0.2) is 35.7 Å². The van der Waals surface area contributed by atoms with Gasteiger partial charge < -0.3 is 10.1 Å². The Balaban J connectivity index is 2.20. The highest BCUT2D eigenvalue weighted by molar-refractivity contribution is 7.91. The summed E-state index contributed by atoms with van der Waals surface area (Å²) in [6, 6.07) is 0. The molecule has 3 rings (SSSR count). The highest BCUT2D eigenvalue weighted by Crippen LogP contribution is 2.40. The first-order valence-electron chi connectivity index (χ1n) is 6.28. The molecule has 20 heavy (non-hydrogen) atoms. The second kappa shape index (κ2) is 4.31. The molecule has 0 saturated carbocycles. The van der Waals surface area contributed by atoms with Crippen molar-refractivity contribution in [2.75, 3.05) is 6.26 Å². The van der Waals surface area contributed by atoms with Gasteiger partial charge in [0, 0.05) is 35.6 Å². The van der Waals surface area contributed by atoms with Gasteiger partial charge in [-0.3, -0.25) is 9.78 Å². The van der Waals surface area contributed by atoms with Crippen LogP contribution in [0.5, 0.6) is 0 Å². The summed E-state index contributed by atoms with van der Waals surface area (Å²) in [6.45, 7) is 0. The molecule has 2 aromatic rings. The first-order valence-corrected chi connectivity index (χ1v) is 8.17. The van der Waals surface area contributed by atoms with Gasteiger partial charge in [0.25, 0.3) is 0 Å². The average molecular weight is 294 g/mol. The number of aromatic nitrogens is 2. The number of sulfone groups is 1. The number of nitrogens with zero attached hydrogens (tertiary/aromatic N) is 1. The number of carbonyl (C=O) groups is 1. The van der Waals surface area contributed by atoms with Gasteiger partial charge in [0.2, 0.25) is 0 Å². The Bertz CT molecular complexity index is 807. The van der Waals surface area contributed by atoms with Crippen molar-refractivity contribution in [3.05, 3.63) is 23.7 Å². The van der Waals surface area contributed by atoms with Crippen molar-refractivity contribution in [3.8, 4) is 0 Å². The van der Waals surface area contributed by atoms with Crippen LogP contribution in [0.15, 0.2) is 17.3 Å². The zero-order valence-corrected chi connectivity index (χ0v) is 11.7. The van der Waals surface area contributed by atoms with Gasteiger partial charge in [-0.25, -0.2) is 8.42 Å². The minimum Gasteiger partial charge on any atom is -0.481 e. The average Bonchev–Trinajstić information content (AvgIpc) is 2.87. The first kappa shape index (κ1) is 13.1. The minimum atomic E-state index is -3.37. The largest absolute Gasteiger partial charge is 0.481 e. The summed E-state index contributed by atoms with van der Waals surface area (Å²) < 4.78 is 23.6. The van der Waals surface area contributed by atoms with Crippen LogP contribution in [0.25, 0.3) is 10.9 Å². The molecule has 2 heterocycles. The van der Waals surface area contributed by atoms with Crippen LogP contribution in [0.3, 0.4) is 0 Å². The third kappa shape index (κ3) is 1.98. The number of carboxylic acid groups (broad SMARTS) is 1. The molecule has 1 aliphatic carbocycles. The van der Waals surface area contributed by atoms with E-state index in [9.17, 15) is 13.2 Å².